The van der Waals surface area contributed by atoms with E-state index in [2.05, 4.69) is 20.6 Å². The topological polar surface area (TPSA) is 102 Å². The van der Waals surface area contributed by atoms with E-state index in [1.54, 1.807) is 17.1 Å². The van der Waals surface area contributed by atoms with Crippen LogP contribution in [0.15, 0.2) is 12.4 Å². The van der Waals surface area contributed by atoms with Gasteiger partial charge >= 0.3 is 0 Å². The lowest BCUT2D eigenvalue weighted by atomic mass is 10.2. The van der Waals surface area contributed by atoms with Crippen molar-refractivity contribution < 1.29 is 4.79 Å². The third-order valence-electron chi connectivity index (χ3n) is 2.81. The van der Waals surface area contributed by atoms with E-state index in [-0.39, 0.29) is 11.6 Å². The van der Waals surface area contributed by atoms with Gasteiger partial charge in [0.2, 0.25) is 0 Å². The summed E-state index contributed by atoms with van der Waals surface area (Å²) in [4.78, 5) is 12.0. The molecule has 7 heteroatoms. The number of carbonyl (C=O) groups excluding carboxylic acids is 1. The Morgan fingerprint density at radius 2 is 2.32 bits per heavy atom. The average molecular weight is 262 g/mol. The van der Waals surface area contributed by atoms with Crippen LogP contribution < -0.4 is 11.1 Å². The number of aromatic amines is 1. The van der Waals surface area contributed by atoms with Gasteiger partial charge in [0.15, 0.2) is 5.69 Å². The minimum atomic E-state index is -0.327. The molecule has 1 amide bonds. The van der Waals surface area contributed by atoms with Crippen molar-refractivity contribution in [1.82, 2.24) is 20.0 Å². The highest BCUT2D eigenvalue weighted by molar-refractivity contribution is 6.06. The molecule has 0 radical (unpaired) electrons. The van der Waals surface area contributed by atoms with Crippen molar-refractivity contribution >= 4 is 17.3 Å². The van der Waals surface area contributed by atoms with Crippen LogP contribution in [-0.2, 0) is 13.0 Å². The summed E-state index contributed by atoms with van der Waals surface area (Å²) in [6.45, 7) is 4.77. The lowest BCUT2D eigenvalue weighted by molar-refractivity contribution is 0.102. The number of nitrogen functional groups attached to an aromatic ring is 1. The molecule has 0 atom stereocenters. The molecule has 2 aromatic rings. The van der Waals surface area contributed by atoms with Crippen molar-refractivity contribution in [2.45, 2.75) is 33.2 Å². The Balaban J connectivity index is 2.11. The minimum Gasteiger partial charge on any atom is -0.395 e. The molecule has 2 rings (SSSR count). The second kappa shape index (κ2) is 5.55. The molecule has 19 heavy (non-hydrogen) atoms. The van der Waals surface area contributed by atoms with E-state index in [9.17, 15) is 4.79 Å². The number of anilines is 2. The van der Waals surface area contributed by atoms with Crippen LogP contribution in [0.3, 0.4) is 0 Å². The van der Waals surface area contributed by atoms with Crippen LogP contribution in [-0.4, -0.2) is 25.9 Å². The molecule has 0 bridgehead atoms. The van der Waals surface area contributed by atoms with Crippen molar-refractivity contribution in [3.05, 3.63) is 23.8 Å². The molecule has 0 aliphatic heterocycles. The molecule has 2 heterocycles. The van der Waals surface area contributed by atoms with Gasteiger partial charge in [0.25, 0.3) is 5.91 Å². The predicted octanol–water partition coefficient (Wildman–Crippen LogP) is 1.41. The Bertz CT molecular complexity index is 571. The Kier molecular flexibility index (Phi) is 3.84. The van der Waals surface area contributed by atoms with Gasteiger partial charge < -0.3 is 11.1 Å². The first-order valence-corrected chi connectivity index (χ1v) is 6.32. The molecule has 0 saturated carbocycles. The number of amides is 1. The molecule has 0 aliphatic carbocycles. The number of hydrogen-bond acceptors (Lipinski definition) is 4. The second-order valence-corrected chi connectivity index (χ2v) is 4.25. The van der Waals surface area contributed by atoms with Crippen LogP contribution in [0.5, 0.6) is 0 Å². The van der Waals surface area contributed by atoms with E-state index >= 15 is 0 Å². The summed E-state index contributed by atoms with van der Waals surface area (Å²) in [5.74, 6) is -0.327. The minimum absolute atomic E-state index is 0.229. The van der Waals surface area contributed by atoms with E-state index < -0.39 is 0 Å². The third kappa shape index (κ3) is 2.75. The Hall–Kier alpha value is -2.31. The van der Waals surface area contributed by atoms with Crippen LogP contribution in [0.25, 0.3) is 0 Å². The van der Waals surface area contributed by atoms with Crippen LogP contribution in [0.4, 0.5) is 11.4 Å². The highest BCUT2D eigenvalue weighted by Gasteiger charge is 2.17. The number of nitrogens with two attached hydrogens (primary N) is 1. The number of nitrogens with zero attached hydrogens (tertiary/aromatic N) is 3. The molecule has 0 aromatic carbocycles. The Morgan fingerprint density at radius 1 is 1.53 bits per heavy atom. The fraction of sp³-hybridized carbons (Fsp3) is 0.417. The average Bonchev–Trinajstić information content (AvgIpc) is 2.98. The highest BCUT2D eigenvalue weighted by Crippen LogP contribution is 2.17. The smallest absolute Gasteiger partial charge is 0.278 e. The molecular formula is C12H18N6O. The first-order chi connectivity index (χ1) is 9.15. The summed E-state index contributed by atoms with van der Waals surface area (Å²) < 4.78 is 1.73. The highest BCUT2D eigenvalue weighted by atomic mass is 16.2. The molecule has 7 nitrogen and oxygen atoms in total. The number of rotatable bonds is 5. The Labute approximate surface area is 111 Å². The van der Waals surface area contributed by atoms with Gasteiger partial charge in [0, 0.05) is 12.7 Å². The molecule has 0 unspecified atom stereocenters. The largest absolute Gasteiger partial charge is 0.395 e. The van der Waals surface area contributed by atoms with Crippen LogP contribution in [0, 0.1) is 0 Å². The lowest BCUT2D eigenvalue weighted by Gasteiger charge is -2.00. The maximum Gasteiger partial charge on any atom is 0.278 e. The summed E-state index contributed by atoms with van der Waals surface area (Å²) in [5.41, 5.74) is 7.98. The van der Waals surface area contributed by atoms with Gasteiger partial charge in [-0.05, 0) is 13.3 Å². The van der Waals surface area contributed by atoms with Gasteiger partial charge in [-0.15, -0.1) is 0 Å². The molecule has 2 aromatic heterocycles. The lowest BCUT2D eigenvalue weighted by Crippen LogP contribution is -2.14. The zero-order chi connectivity index (χ0) is 13.8. The van der Waals surface area contributed by atoms with Crippen molar-refractivity contribution in [3.8, 4) is 0 Å². The van der Waals surface area contributed by atoms with Gasteiger partial charge in [-0.25, -0.2) is 0 Å². The van der Waals surface area contributed by atoms with Crippen molar-refractivity contribution in [3.63, 3.8) is 0 Å². The fourth-order valence-corrected chi connectivity index (χ4v) is 1.79. The molecule has 102 valence electrons. The summed E-state index contributed by atoms with van der Waals surface area (Å²) in [5, 5.41) is 13.6. The van der Waals surface area contributed by atoms with Gasteiger partial charge in [0.05, 0.1) is 23.3 Å². The van der Waals surface area contributed by atoms with E-state index in [1.807, 2.05) is 13.8 Å². The van der Waals surface area contributed by atoms with Gasteiger partial charge in [-0.2, -0.15) is 10.2 Å². The zero-order valence-electron chi connectivity index (χ0n) is 11.1. The molecule has 0 fully saturated rings. The third-order valence-corrected chi connectivity index (χ3v) is 2.81. The molecule has 0 spiro atoms. The summed E-state index contributed by atoms with van der Waals surface area (Å²) >= 11 is 0. The summed E-state index contributed by atoms with van der Waals surface area (Å²) in [6, 6.07) is 0. The van der Waals surface area contributed by atoms with E-state index in [0.29, 0.717) is 11.4 Å². The van der Waals surface area contributed by atoms with Crippen LogP contribution in [0.1, 0.15) is 36.5 Å². The van der Waals surface area contributed by atoms with E-state index in [0.717, 1.165) is 25.1 Å². The van der Waals surface area contributed by atoms with Gasteiger partial charge in [-0.3, -0.25) is 14.6 Å². The predicted molar refractivity (Wildman–Crippen MR) is 72.8 cm³/mol. The number of carbonyl (C=O) groups is 1. The van der Waals surface area contributed by atoms with Crippen LogP contribution >= 0.6 is 0 Å². The first-order valence-electron chi connectivity index (χ1n) is 6.32. The van der Waals surface area contributed by atoms with Gasteiger partial charge in [0.1, 0.15) is 0 Å². The van der Waals surface area contributed by atoms with Gasteiger partial charge in [-0.1, -0.05) is 13.3 Å². The fourth-order valence-electron chi connectivity index (χ4n) is 1.79. The summed E-state index contributed by atoms with van der Waals surface area (Å²) in [6.07, 6.45) is 5.07. The van der Waals surface area contributed by atoms with E-state index in [1.165, 1.54) is 0 Å². The Morgan fingerprint density at radius 3 is 2.95 bits per heavy atom. The zero-order valence-corrected chi connectivity index (χ0v) is 11.1. The van der Waals surface area contributed by atoms with Crippen molar-refractivity contribution in [2.75, 3.05) is 11.1 Å². The molecular weight excluding hydrogens is 244 g/mol. The molecule has 0 saturated heterocycles. The number of H-pyrrole nitrogens is 1. The monoisotopic (exact) mass is 262 g/mol. The van der Waals surface area contributed by atoms with E-state index in [4.69, 9.17) is 5.73 Å². The van der Waals surface area contributed by atoms with Crippen LogP contribution in [0.2, 0.25) is 0 Å². The summed E-state index contributed by atoms with van der Waals surface area (Å²) in [7, 11) is 0. The number of aromatic nitrogens is 4. The number of nitrogens with one attached hydrogen (secondary N) is 2. The standard InChI is InChI=1S/C12H18N6O/c1-3-5-9-10(13)11(17-16-9)12(19)15-8-6-14-18(4-2)7-8/h6-7H,3-5,13H2,1-2H3,(H,15,19)(H,16,17). The normalized spacial score (nSPS) is 10.6. The van der Waals surface area contributed by atoms with Crippen molar-refractivity contribution in [1.29, 1.82) is 0 Å². The maximum absolute atomic E-state index is 12.0. The maximum atomic E-state index is 12.0. The number of aryl methyl sites for hydroxylation is 2. The molecule has 4 N–H and O–H groups in total. The quantitative estimate of drug-likeness (QED) is 0.758. The number of hydrogen-bond donors (Lipinski definition) is 3. The SMILES string of the molecule is CCCc1[nH]nc(C(=O)Nc2cnn(CC)c2)c1N. The second-order valence-electron chi connectivity index (χ2n) is 4.25. The first kappa shape index (κ1) is 13.1. The van der Waals surface area contributed by atoms with Crippen molar-refractivity contribution in [2.24, 2.45) is 0 Å². The molecule has 0 aliphatic rings.